The lowest BCUT2D eigenvalue weighted by atomic mass is 9.93. The summed E-state index contributed by atoms with van der Waals surface area (Å²) in [6, 6.07) is 6.33. The molecule has 2 N–H and O–H groups in total. The van der Waals surface area contributed by atoms with Crippen molar-refractivity contribution >= 4 is 23.4 Å². The molecule has 0 saturated heterocycles. The molecule has 0 spiro atoms. The fourth-order valence-corrected chi connectivity index (χ4v) is 3.32. The molecule has 0 aliphatic heterocycles. The number of nitrogens with zero attached hydrogens (tertiary/aromatic N) is 1. The first-order valence-corrected chi connectivity index (χ1v) is 8.23. The van der Waals surface area contributed by atoms with Crippen molar-refractivity contribution in [2.75, 3.05) is 0 Å². The highest BCUT2D eigenvalue weighted by Gasteiger charge is 2.23. The van der Waals surface area contributed by atoms with Crippen LogP contribution in [-0.2, 0) is 4.79 Å². The lowest BCUT2D eigenvalue weighted by Gasteiger charge is -2.27. The third-order valence-electron chi connectivity index (χ3n) is 3.77. The molecule has 0 heterocycles. The van der Waals surface area contributed by atoms with E-state index in [1.165, 1.54) is 23.9 Å². The Morgan fingerprint density at radius 3 is 2.45 bits per heavy atom. The molecule has 1 aromatic rings. The van der Waals surface area contributed by atoms with Gasteiger partial charge in [-0.05, 0) is 44.7 Å². The van der Waals surface area contributed by atoms with E-state index in [2.05, 4.69) is 5.32 Å². The summed E-state index contributed by atoms with van der Waals surface area (Å²) in [7, 11) is 0. The molecule has 1 amide bonds. The van der Waals surface area contributed by atoms with Crippen LogP contribution < -0.4 is 5.32 Å². The van der Waals surface area contributed by atoms with Gasteiger partial charge in [-0.25, -0.2) is 0 Å². The smallest absolute Gasteiger partial charge is 0.269 e. The van der Waals surface area contributed by atoms with Gasteiger partial charge in [-0.1, -0.05) is 0 Å². The molecule has 1 fully saturated rings. The highest BCUT2D eigenvalue weighted by atomic mass is 32.2. The van der Waals surface area contributed by atoms with Crippen LogP contribution in [0.15, 0.2) is 29.2 Å². The van der Waals surface area contributed by atoms with Crippen LogP contribution in [0, 0.1) is 10.1 Å². The Morgan fingerprint density at radius 2 is 1.91 bits per heavy atom. The number of carbonyl (C=O) groups excluding carboxylic acids is 1. The summed E-state index contributed by atoms with van der Waals surface area (Å²) < 4.78 is 0. The maximum atomic E-state index is 12.2. The van der Waals surface area contributed by atoms with E-state index in [0.717, 1.165) is 30.6 Å². The second-order valence-electron chi connectivity index (χ2n) is 5.53. The summed E-state index contributed by atoms with van der Waals surface area (Å²) in [6.45, 7) is 1.82. The third-order valence-corrected chi connectivity index (χ3v) is 4.88. The number of aliphatic hydroxyl groups is 1. The van der Waals surface area contributed by atoms with Gasteiger partial charge in [0.05, 0.1) is 16.3 Å². The zero-order valence-electron chi connectivity index (χ0n) is 12.4. The fourth-order valence-electron chi connectivity index (χ4n) is 2.44. The van der Waals surface area contributed by atoms with Gasteiger partial charge in [-0.3, -0.25) is 14.9 Å². The SMILES string of the molecule is CC(Sc1ccc([N+](=O)[O-])cc1)C(=O)NC1CCC(O)CC1. The predicted molar refractivity (Wildman–Crippen MR) is 84.8 cm³/mol. The number of hydrogen-bond donors (Lipinski definition) is 2. The minimum atomic E-state index is -0.442. The van der Waals surface area contributed by atoms with Crippen LogP contribution in [0.1, 0.15) is 32.6 Å². The Hall–Kier alpha value is -1.60. The molecule has 120 valence electrons. The molecular formula is C15H20N2O4S. The van der Waals surface area contributed by atoms with Gasteiger partial charge in [-0.2, -0.15) is 0 Å². The fraction of sp³-hybridized carbons (Fsp3) is 0.533. The lowest BCUT2D eigenvalue weighted by molar-refractivity contribution is -0.384. The maximum absolute atomic E-state index is 12.2. The Bertz CT molecular complexity index is 527. The molecule has 0 aromatic heterocycles. The highest BCUT2D eigenvalue weighted by Crippen LogP contribution is 2.26. The third kappa shape index (κ3) is 4.71. The van der Waals surface area contributed by atoms with Crippen molar-refractivity contribution in [1.82, 2.24) is 5.32 Å². The number of nitro groups is 1. The molecule has 1 atom stereocenters. The van der Waals surface area contributed by atoms with E-state index in [0.29, 0.717) is 0 Å². The molecule has 1 aromatic carbocycles. The summed E-state index contributed by atoms with van der Waals surface area (Å²) in [4.78, 5) is 23.2. The number of amides is 1. The van der Waals surface area contributed by atoms with Crippen LogP contribution in [0.2, 0.25) is 0 Å². The Kier molecular flexibility index (Phi) is 5.79. The standard InChI is InChI=1S/C15H20N2O4S/c1-10(15(19)16-11-2-6-13(18)7-3-11)22-14-8-4-12(5-9-14)17(20)21/h4-5,8-11,13,18H,2-3,6-7H2,1H3,(H,16,19). The number of aliphatic hydroxyl groups excluding tert-OH is 1. The predicted octanol–water partition coefficient (Wildman–Crippen LogP) is 2.50. The van der Waals surface area contributed by atoms with Crippen molar-refractivity contribution in [2.24, 2.45) is 0 Å². The molecule has 2 rings (SSSR count). The second kappa shape index (κ2) is 7.60. The number of hydrogen-bond acceptors (Lipinski definition) is 5. The number of nitro benzene ring substituents is 1. The van der Waals surface area contributed by atoms with E-state index in [4.69, 9.17) is 0 Å². The van der Waals surface area contributed by atoms with E-state index in [1.807, 2.05) is 6.92 Å². The van der Waals surface area contributed by atoms with Gasteiger partial charge in [0.25, 0.3) is 5.69 Å². The van der Waals surface area contributed by atoms with Crippen molar-refractivity contribution in [3.8, 4) is 0 Å². The average Bonchev–Trinajstić information content (AvgIpc) is 2.50. The van der Waals surface area contributed by atoms with E-state index >= 15 is 0 Å². The summed E-state index contributed by atoms with van der Waals surface area (Å²) in [5, 5.41) is 22.8. The van der Waals surface area contributed by atoms with Gasteiger partial charge in [-0.15, -0.1) is 11.8 Å². The molecule has 1 unspecified atom stereocenters. The highest BCUT2D eigenvalue weighted by molar-refractivity contribution is 8.00. The van der Waals surface area contributed by atoms with Crippen LogP contribution in [0.5, 0.6) is 0 Å². The van der Waals surface area contributed by atoms with Gasteiger partial charge in [0.15, 0.2) is 0 Å². The number of nitrogens with one attached hydrogen (secondary N) is 1. The molecule has 6 nitrogen and oxygen atoms in total. The number of benzene rings is 1. The molecule has 1 aliphatic carbocycles. The van der Waals surface area contributed by atoms with Crippen molar-refractivity contribution in [1.29, 1.82) is 0 Å². The summed E-state index contributed by atoms with van der Waals surface area (Å²) >= 11 is 1.38. The van der Waals surface area contributed by atoms with Crippen LogP contribution >= 0.6 is 11.8 Å². The molecule has 22 heavy (non-hydrogen) atoms. The van der Waals surface area contributed by atoms with Gasteiger partial charge < -0.3 is 10.4 Å². The minimum Gasteiger partial charge on any atom is -0.393 e. The first-order valence-electron chi connectivity index (χ1n) is 7.35. The van der Waals surface area contributed by atoms with E-state index < -0.39 is 4.92 Å². The summed E-state index contributed by atoms with van der Waals surface area (Å²) in [6.07, 6.45) is 2.84. The zero-order valence-corrected chi connectivity index (χ0v) is 13.2. The van der Waals surface area contributed by atoms with E-state index in [9.17, 15) is 20.0 Å². The van der Waals surface area contributed by atoms with Gasteiger partial charge in [0.2, 0.25) is 5.91 Å². The van der Waals surface area contributed by atoms with Crippen LogP contribution in [-0.4, -0.2) is 33.3 Å². The van der Waals surface area contributed by atoms with Crippen molar-refractivity contribution in [3.63, 3.8) is 0 Å². The lowest BCUT2D eigenvalue weighted by Crippen LogP contribution is -2.41. The molecule has 0 bridgehead atoms. The van der Waals surface area contributed by atoms with Gasteiger partial charge >= 0.3 is 0 Å². The summed E-state index contributed by atoms with van der Waals surface area (Å²) in [5.41, 5.74) is 0.0437. The molecule has 1 aliphatic rings. The van der Waals surface area contributed by atoms with Crippen molar-refractivity contribution in [2.45, 2.75) is 54.9 Å². The summed E-state index contributed by atoms with van der Waals surface area (Å²) in [5.74, 6) is -0.0373. The second-order valence-corrected chi connectivity index (χ2v) is 6.94. The van der Waals surface area contributed by atoms with Gasteiger partial charge in [0, 0.05) is 23.1 Å². The topological polar surface area (TPSA) is 92.5 Å². The number of thioether (sulfide) groups is 1. The Labute approximate surface area is 133 Å². The van der Waals surface area contributed by atoms with E-state index in [1.54, 1.807) is 12.1 Å². The van der Waals surface area contributed by atoms with Gasteiger partial charge in [0.1, 0.15) is 0 Å². The number of carbonyl (C=O) groups is 1. The Morgan fingerprint density at radius 1 is 1.32 bits per heavy atom. The minimum absolute atomic E-state index is 0.0373. The molecule has 0 radical (unpaired) electrons. The zero-order chi connectivity index (χ0) is 16.1. The number of rotatable bonds is 5. The Balaban J connectivity index is 1.84. The van der Waals surface area contributed by atoms with Crippen LogP contribution in [0.25, 0.3) is 0 Å². The molecule has 1 saturated carbocycles. The quantitative estimate of drug-likeness (QED) is 0.493. The first kappa shape index (κ1) is 16.8. The molecule has 7 heteroatoms. The van der Waals surface area contributed by atoms with Crippen molar-refractivity contribution in [3.05, 3.63) is 34.4 Å². The monoisotopic (exact) mass is 324 g/mol. The van der Waals surface area contributed by atoms with Crippen LogP contribution in [0.3, 0.4) is 0 Å². The maximum Gasteiger partial charge on any atom is 0.269 e. The van der Waals surface area contributed by atoms with E-state index in [-0.39, 0.29) is 29.0 Å². The van der Waals surface area contributed by atoms with Crippen molar-refractivity contribution < 1.29 is 14.8 Å². The average molecular weight is 324 g/mol. The normalized spacial score (nSPS) is 22.8. The number of non-ortho nitro benzene ring substituents is 1. The first-order chi connectivity index (χ1) is 10.5. The largest absolute Gasteiger partial charge is 0.393 e. The van der Waals surface area contributed by atoms with Crippen LogP contribution in [0.4, 0.5) is 5.69 Å². The molecular weight excluding hydrogens is 304 g/mol.